The van der Waals surface area contributed by atoms with E-state index in [1.54, 1.807) is 0 Å². The highest BCUT2D eigenvalue weighted by molar-refractivity contribution is 7.20. The maximum atomic E-state index is 12.7. The van der Waals surface area contributed by atoms with E-state index in [2.05, 4.69) is 10.4 Å². The lowest BCUT2D eigenvalue weighted by Crippen LogP contribution is -2.11. The number of para-hydroxylation sites is 1. The molecule has 1 N–H and O–H groups in total. The monoisotopic (exact) mass is 381 g/mol. The predicted octanol–water partition coefficient (Wildman–Crippen LogP) is 5.61. The Kier molecular flexibility index (Phi) is 4.26. The molecule has 4 nitrogen and oxygen atoms in total. The summed E-state index contributed by atoms with van der Waals surface area (Å²) < 4.78 is 1.89. The zero-order valence-electron chi connectivity index (χ0n) is 14.3. The average Bonchev–Trinajstić information content (AvgIpc) is 3.21. The van der Waals surface area contributed by atoms with Crippen LogP contribution in [0.1, 0.15) is 20.9 Å². The number of amides is 1. The van der Waals surface area contributed by atoms with E-state index in [1.165, 1.54) is 11.3 Å². The number of nitrogens with one attached hydrogen (secondary N) is 1. The second-order valence-corrected chi connectivity index (χ2v) is 7.47. The van der Waals surface area contributed by atoms with Gasteiger partial charge in [0.2, 0.25) is 0 Å². The number of aromatic nitrogens is 2. The van der Waals surface area contributed by atoms with Crippen LogP contribution < -0.4 is 5.32 Å². The molecule has 0 saturated carbocycles. The summed E-state index contributed by atoms with van der Waals surface area (Å²) in [4.78, 5) is 14.3. The van der Waals surface area contributed by atoms with E-state index in [4.69, 9.17) is 11.6 Å². The topological polar surface area (TPSA) is 46.9 Å². The number of nitrogens with zero attached hydrogens (tertiary/aromatic N) is 2. The van der Waals surface area contributed by atoms with E-state index in [1.807, 2.05) is 73.1 Å². The van der Waals surface area contributed by atoms with E-state index >= 15 is 0 Å². The van der Waals surface area contributed by atoms with Gasteiger partial charge in [-0.25, -0.2) is 4.68 Å². The Hall–Kier alpha value is -2.63. The number of thiophene rings is 1. The van der Waals surface area contributed by atoms with Crippen molar-refractivity contribution in [3.8, 4) is 5.69 Å². The number of carbonyl (C=O) groups excluding carboxylic acids is 1. The van der Waals surface area contributed by atoms with E-state index < -0.39 is 0 Å². The van der Waals surface area contributed by atoms with Gasteiger partial charge in [-0.3, -0.25) is 4.79 Å². The van der Waals surface area contributed by atoms with Gasteiger partial charge in [0, 0.05) is 16.1 Å². The molecule has 0 radical (unpaired) electrons. The van der Waals surface area contributed by atoms with Crippen LogP contribution >= 0.6 is 22.9 Å². The summed E-state index contributed by atoms with van der Waals surface area (Å²) in [5.41, 5.74) is 3.46. The zero-order valence-corrected chi connectivity index (χ0v) is 15.9. The molecule has 6 heteroatoms. The van der Waals surface area contributed by atoms with E-state index in [0.29, 0.717) is 9.90 Å². The minimum Gasteiger partial charge on any atom is -0.321 e. The van der Waals surface area contributed by atoms with Gasteiger partial charge in [-0.15, -0.1) is 11.3 Å². The molecule has 1 amide bonds. The molecule has 130 valence electrons. The Morgan fingerprint density at radius 1 is 1.12 bits per heavy atom. The molecule has 0 aliphatic carbocycles. The molecular formula is C20H16ClN3OS. The normalized spacial score (nSPS) is 11.0. The van der Waals surface area contributed by atoms with Gasteiger partial charge in [0.25, 0.3) is 5.91 Å². The summed E-state index contributed by atoms with van der Waals surface area (Å²) in [5.74, 6) is -0.143. The quantitative estimate of drug-likeness (QED) is 0.501. The fraction of sp³-hybridized carbons (Fsp3) is 0.100. The number of halogens is 1. The molecule has 4 rings (SSSR count). The summed E-state index contributed by atoms with van der Waals surface area (Å²) >= 11 is 7.57. The number of rotatable bonds is 3. The van der Waals surface area contributed by atoms with Gasteiger partial charge in [0.1, 0.15) is 4.83 Å². The van der Waals surface area contributed by atoms with Gasteiger partial charge in [-0.2, -0.15) is 5.10 Å². The number of aryl methyl sites for hydroxylation is 1. The molecule has 4 aromatic rings. The van der Waals surface area contributed by atoms with Gasteiger partial charge in [0.05, 0.1) is 16.3 Å². The number of anilines is 1. The summed E-state index contributed by atoms with van der Waals surface area (Å²) in [6.45, 7) is 3.84. The van der Waals surface area contributed by atoms with Crippen molar-refractivity contribution in [3.63, 3.8) is 0 Å². The van der Waals surface area contributed by atoms with Crippen molar-refractivity contribution in [3.05, 3.63) is 75.8 Å². The van der Waals surface area contributed by atoms with Crippen LogP contribution in [-0.4, -0.2) is 15.7 Å². The van der Waals surface area contributed by atoms with Crippen molar-refractivity contribution in [2.24, 2.45) is 0 Å². The van der Waals surface area contributed by atoms with Crippen LogP contribution in [0.25, 0.3) is 15.9 Å². The van der Waals surface area contributed by atoms with Gasteiger partial charge in [0.15, 0.2) is 0 Å². The molecule has 0 saturated heterocycles. The molecule has 0 atom stereocenters. The highest BCUT2D eigenvalue weighted by Gasteiger charge is 2.18. The standard InChI is InChI=1S/C20H16ClN3OS/c1-12-16(21)9-6-10-17(12)22-19(25)18-11-15-13(2)23-24(20(15)26-18)14-7-4-3-5-8-14/h3-11H,1-2H3,(H,22,25). The molecule has 0 aliphatic rings. The number of carbonyl (C=O) groups is 1. The Balaban J connectivity index is 1.72. The summed E-state index contributed by atoms with van der Waals surface area (Å²) in [7, 11) is 0. The lowest BCUT2D eigenvalue weighted by Gasteiger charge is -2.08. The Labute approximate surface area is 160 Å². The van der Waals surface area contributed by atoms with Crippen molar-refractivity contribution in [1.82, 2.24) is 9.78 Å². The first kappa shape index (κ1) is 16.8. The second kappa shape index (κ2) is 6.59. The van der Waals surface area contributed by atoms with Crippen molar-refractivity contribution < 1.29 is 4.79 Å². The van der Waals surface area contributed by atoms with Crippen LogP contribution in [0.3, 0.4) is 0 Å². The second-order valence-electron chi connectivity index (χ2n) is 6.03. The smallest absolute Gasteiger partial charge is 0.265 e. The van der Waals surface area contributed by atoms with Crippen LogP contribution in [-0.2, 0) is 0 Å². The number of hydrogen-bond acceptors (Lipinski definition) is 3. The lowest BCUT2D eigenvalue weighted by atomic mass is 10.2. The molecule has 0 aliphatic heterocycles. The zero-order chi connectivity index (χ0) is 18.3. The SMILES string of the molecule is Cc1c(Cl)cccc1NC(=O)c1cc2c(C)nn(-c3ccccc3)c2s1. The molecule has 2 heterocycles. The minimum atomic E-state index is -0.143. The Morgan fingerprint density at radius 2 is 1.88 bits per heavy atom. The minimum absolute atomic E-state index is 0.143. The largest absolute Gasteiger partial charge is 0.321 e. The maximum Gasteiger partial charge on any atom is 0.265 e. The van der Waals surface area contributed by atoms with Crippen molar-refractivity contribution in [2.45, 2.75) is 13.8 Å². The first-order valence-corrected chi connectivity index (χ1v) is 9.35. The summed E-state index contributed by atoms with van der Waals surface area (Å²) in [6, 6.07) is 17.3. The Morgan fingerprint density at radius 3 is 2.65 bits per heavy atom. The van der Waals surface area contributed by atoms with Crippen LogP contribution in [0.5, 0.6) is 0 Å². The third-order valence-electron chi connectivity index (χ3n) is 4.29. The molecular weight excluding hydrogens is 366 g/mol. The number of fused-ring (bicyclic) bond motifs is 1. The van der Waals surface area contributed by atoms with Crippen LogP contribution in [0.4, 0.5) is 5.69 Å². The summed E-state index contributed by atoms with van der Waals surface area (Å²) in [5, 5.41) is 9.19. The van der Waals surface area contributed by atoms with E-state index in [-0.39, 0.29) is 5.91 Å². The van der Waals surface area contributed by atoms with Gasteiger partial charge >= 0.3 is 0 Å². The molecule has 26 heavy (non-hydrogen) atoms. The fourth-order valence-corrected chi connectivity index (χ4v) is 4.08. The van der Waals surface area contributed by atoms with Gasteiger partial charge in [-0.05, 0) is 49.7 Å². The Bertz CT molecular complexity index is 1120. The van der Waals surface area contributed by atoms with Crippen molar-refractivity contribution in [1.29, 1.82) is 0 Å². The van der Waals surface area contributed by atoms with E-state index in [0.717, 1.165) is 32.8 Å². The molecule has 2 aromatic carbocycles. The molecule has 0 bridgehead atoms. The van der Waals surface area contributed by atoms with Crippen molar-refractivity contribution >= 4 is 44.7 Å². The molecule has 0 fully saturated rings. The third-order valence-corrected chi connectivity index (χ3v) is 5.80. The van der Waals surface area contributed by atoms with Crippen LogP contribution in [0.2, 0.25) is 5.02 Å². The fourth-order valence-electron chi connectivity index (χ4n) is 2.83. The first-order valence-electron chi connectivity index (χ1n) is 8.15. The number of benzene rings is 2. The summed E-state index contributed by atoms with van der Waals surface area (Å²) in [6.07, 6.45) is 0. The van der Waals surface area contributed by atoms with Crippen LogP contribution in [0.15, 0.2) is 54.6 Å². The van der Waals surface area contributed by atoms with Gasteiger partial charge < -0.3 is 5.32 Å². The third kappa shape index (κ3) is 2.89. The molecule has 2 aromatic heterocycles. The first-order chi connectivity index (χ1) is 12.5. The molecule has 0 unspecified atom stereocenters. The maximum absolute atomic E-state index is 12.7. The lowest BCUT2D eigenvalue weighted by molar-refractivity contribution is 0.103. The average molecular weight is 382 g/mol. The van der Waals surface area contributed by atoms with E-state index in [9.17, 15) is 4.79 Å². The van der Waals surface area contributed by atoms with Crippen LogP contribution in [0, 0.1) is 13.8 Å². The van der Waals surface area contributed by atoms with Gasteiger partial charge in [-0.1, -0.05) is 35.9 Å². The predicted molar refractivity (Wildman–Crippen MR) is 108 cm³/mol. The highest BCUT2D eigenvalue weighted by atomic mass is 35.5. The number of hydrogen-bond donors (Lipinski definition) is 1. The highest BCUT2D eigenvalue weighted by Crippen LogP contribution is 2.31. The molecule has 0 spiro atoms. The van der Waals surface area contributed by atoms with Crippen molar-refractivity contribution in [2.75, 3.05) is 5.32 Å².